The summed E-state index contributed by atoms with van der Waals surface area (Å²) in [7, 11) is 1.42. The Bertz CT molecular complexity index is 502. The zero-order chi connectivity index (χ0) is 15.3. The highest BCUT2D eigenvalue weighted by atomic mass is 16.5. The molecule has 2 N–H and O–H groups in total. The maximum atomic E-state index is 12.2. The van der Waals surface area contributed by atoms with Crippen molar-refractivity contribution in [2.24, 2.45) is 5.92 Å². The average molecular weight is 280 g/mol. The maximum Gasteiger partial charge on any atom is 0.326 e. The zero-order valence-electron chi connectivity index (χ0n) is 12.1. The number of hydrogen-bond acceptors (Lipinski definition) is 4. The number of nitrogens with one attached hydrogen (secondary N) is 1. The van der Waals surface area contributed by atoms with E-state index in [1.54, 1.807) is 26.0 Å². The van der Waals surface area contributed by atoms with Crippen LogP contribution in [0.5, 0.6) is 5.88 Å². The third-order valence-corrected chi connectivity index (χ3v) is 3.20. The Labute approximate surface area is 118 Å². The predicted molar refractivity (Wildman–Crippen MR) is 73.9 cm³/mol. The van der Waals surface area contributed by atoms with E-state index < -0.39 is 17.9 Å². The molecule has 6 heteroatoms. The molecule has 1 heterocycles. The van der Waals surface area contributed by atoms with Crippen molar-refractivity contribution in [2.75, 3.05) is 7.11 Å². The van der Waals surface area contributed by atoms with Crippen molar-refractivity contribution in [1.29, 1.82) is 0 Å². The number of ether oxygens (including phenoxy) is 1. The van der Waals surface area contributed by atoms with E-state index in [1.165, 1.54) is 7.11 Å². The van der Waals surface area contributed by atoms with Crippen LogP contribution >= 0.6 is 0 Å². The summed E-state index contributed by atoms with van der Waals surface area (Å²) in [6.45, 7) is 5.44. The summed E-state index contributed by atoms with van der Waals surface area (Å²) in [5, 5.41) is 11.7. The summed E-state index contributed by atoms with van der Waals surface area (Å²) in [6.07, 6.45) is 0.653. The van der Waals surface area contributed by atoms with Crippen LogP contribution in [0.15, 0.2) is 12.1 Å². The van der Waals surface area contributed by atoms with Gasteiger partial charge in [0.1, 0.15) is 11.6 Å². The predicted octanol–water partition coefficient (Wildman–Crippen LogP) is 1.63. The molecule has 20 heavy (non-hydrogen) atoms. The SMILES string of the molecule is CC[C@H](C)[C@H](NC(=O)c1ccc(C)nc1OC)C(=O)O. The first-order chi connectivity index (χ1) is 9.40. The molecule has 0 saturated carbocycles. The Hall–Kier alpha value is -2.11. The second kappa shape index (κ2) is 6.88. The van der Waals surface area contributed by atoms with Gasteiger partial charge in [-0.25, -0.2) is 9.78 Å². The van der Waals surface area contributed by atoms with Crippen molar-refractivity contribution < 1.29 is 19.4 Å². The van der Waals surface area contributed by atoms with Gasteiger partial charge in [-0.1, -0.05) is 20.3 Å². The molecule has 0 spiro atoms. The number of aliphatic carboxylic acids is 1. The molecule has 0 unspecified atom stereocenters. The number of amides is 1. The fourth-order valence-corrected chi connectivity index (χ4v) is 1.76. The van der Waals surface area contributed by atoms with Gasteiger partial charge in [0.2, 0.25) is 5.88 Å². The van der Waals surface area contributed by atoms with Gasteiger partial charge in [0.25, 0.3) is 5.91 Å². The van der Waals surface area contributed by atoms with Gasteiger partial charge >= 0.3 is 5.97 Å². The van der Waals surface area contributed by atoms with Crippen LogP contribution in [0.25, 0.3) is 0 Å². The fraction of sp³-hybridized carbons (Fsp3) is 0.500. The van der Waals surface area contributed by atoms with Crippen molar-refractivity contribution in [3.63, 3.8) is 0 Å². The molecule has 0 bridgehead atoms. The molecule has 6 nitrogen and oxygen atoms in total. The van der Waals surface area contributed by atoms with Gasteiger partial charge in [0, 0.05) is 5.69 Å². The smallest absolute Gasteiger partial charge is 0.326 e. The molecule has 0 aliphatic carbocycles. The highest BCUT2D eigenvalue weighted by molar-refractivity contribution is 5.98. The number of methoxy groups -OCH3 is 1. The van der Waals surface area contributed by atoms with E-state index in [1.807, 2.05) is 6.92 Å². The minimum Gasteiger partial charge on any atom is -0.480 e. The van der Waals surface area contributed by atoms with Crippen LogP contribution < -0.4 is 10.1 Å². The number of aromatic nitrogens is 1. The van der Waals surface area contributed by atoms with Crippen molar-refractivity contribution in [2.45, 2.75) is 33.2 Å². The van der Waals surface area contributed by atoms with Crippen LogP contribution in [0.1, 0.15) is 36.3 Å². The normalized spacial score (nSPS) is 13.4. The Morgan fingerprint density at radius 2 is 2.10 bits per heavy atom. The lowest BCUT2D eigenvalue weighted by atomic mass is 9.99. The highest BCUT2D eigenvalue weighted by Gasteiger charge is 2.27. The molecular formula is C14H20N2O4. The van der Waals surface area contributed by atoms with Crippen LogP contribution in [0.4, 0.5) is 0 Å². The summed E-state index contributed by atoms with van der Waals surface area (Å²) < 4.78 is 5.06. The molecule has 0 saturated heterocycles. The van der Waals surface area contributed by atoms with Crippen molar-refractivity contribution >= 4 is 11.9 Å². The van der Waals surface area contributed by atoms with Gasteiger partial charge in [-0.2, -0.15) is 0 Å². The van der Waals surface area contributed by atoms with E-state index >= 15 is 0 Å². The Morgan fingerprint density at radius 1 is 1.45 bits per heavy atom. The van der Waals surface area contributed by atoms with Crippen molar-refractivity contribution in [1.82, 2.24) is 10.3 Å². The Morgan fingerprint density at radius 3 is 2.60 bits per heavy atom. The molecule has 0 aliphatic heterocycles. The minimum absolute atomic E-state index is 0.166. The first-order valence-electron chi connectivity index (χ1n) is 6.46. The summed E-state index contributed by atoms with van der Waals surface area (Å²) in [4.78, 5) is 27.5. The summed E-state index contributed by atoms with van der Waals surface area (Å²) in [5.74, 6) is -1.52. The molecule has 0 aliphatic rings. The Kier molecular flexibility index (Phi) is 5.49. The lowest BCUT2D eigenvalue weighted by Crippen LogP contribution is -2.45. The van der Waals surface area contributed by atoms with Gasteiger partial charge in [-0.15, -0.1) is 0 Å². The number of carboxylic acid groups (broad SMARTS) is 1. The van der Waals surface area contributed by atoms with E-state index in [9.17, 15) is 14.7 Å². The first kappa shape index (κ1) is 15.9. The fourth-order valence-electron chi connectivity index (χ4n) is 1.76. The third-order valence-electron chi connectivity index (χ3n) is 3.20. The standard InChI is InChI=1S/C14H20N2O4/c1-5-8(2)11(14(18)19)16-12(17)10-7-6-9(3)15-13(10)20-4/h6-8,11H,5H2,1-4H3,(H,16,17)(H,18,19)/t8-,11-/m0/s1. The maximum absolute atomic E-state index is 12.2. The van der Waals surface area contributed by atoms with Gasteiger partial charge in [-0.05, 0) is 25.0 Å². The van der Waals surface area contributed by atoms with Gasteiger partial charge < -0.3 is 15.2 Å². The number of rotatable bonds is 6. The lowest BCUT2D eigenvalue weighted by Gasteiger charge is -2.20. The second-order valence-electron chi connectivity index (χ2n) is 4.68. The molecule has 110 valence electrons. The molecule has 1 rings (SSSR count). The van der Waals surface area contributed by atoms with Crippen molar-refractivity contribution in [3.05, 3.63) is 23.4 Å². The summed E-state index contributed by atoms with van der Waals surface area (Å²) >= 11 is 0. The molecule has 0 aromatic carbocycles. The Balaban J connectivity index is 2.97. The summed E-state index contributed by atoms with van der Waals surface area (Å²) in [6, 6.07) is 2.32. The van der Waals surface area contributed by atoms with Crippen molar-refractivity contribution in [3.8, 4) is 5.88 Å². The molecule has 0 radical (unpaired) electrons. The largest absolute Gasteiger partial charge is 0.480 e. The van der Waals surface area contributed by atoms with Crippen LogP contribution in [0.2, 0.25) is 0 Å². The molecular weight excluding hydrogens is 260 g/mol. The topological polar surface area (TPSA) is 88.5 Å². The van der Waals surface area contributed by atoms with Crippen LogP contribution in [0.3, 0.4) is 0 Å². The van der Waals surface area contributed by atoms with E-state index in [4.69, 9.17) is 4.74 Å². The van der Waals surface area contributed by atoms with Gasteiger partial charge in [-0.3, -0.25) is 4.79 Å². The molecule has 2 atom stereocenters. The first-order valence-corrected chi connectivity index (χ1v) is 6.46. The molecule has 1 aromatic rings. The zero-order valence-corrected chi connectivity index (χ0v) is 12.1. The van der Waals surface area contributed by atoms with Gasteiger partial charge in [0.05, 0.1) is 7.11 Å². The van der Waals surface area contributed by atoms with E-state index in [0.29, 0.717) is 6.42 Å². The number of carboxylic acids is 1. The summed E-state index contributed by atoms with van der Waals surface area (Å²) in [5.41, 5.74) is 0.947. The number of hydrogen-bond donors (Lipinski definition) is 2. The molecule has 0 fully saturated rings. The quantitative estimate of drug-likeness (QED) is 0.826. The number of aryl methyl sites for hydroxylation is 1. The molecule has 1 amide bonds. The third kappa shape index (κ3) is 3.69. The van der Waals surface area contributed by atoms with E-state index in [0.717, 1.165) is 5.69 Å². The van der Waals surface area contributed by atoms with E-state index in [-0.39, 0.29) is 17.4 Å². The van der Waals surface area contributed by atoms with Crippen LogP contribution in [0, 0.1) is 12.8 Å². The molecule has 1 aromatic heterocycles. The van der Waals surface area contributed by atoms with Gasteiger partial charge in [0.15, 0.2) is 0 Å². The second-order valence-corrected chi connectivity index (χ2v) is 4.68. The number of carbonyl (C=O) groups excluding carboxylic acids is 1. The monoisotopic (exact) mass is 280 g/mol. The van der Waals surface area contributed by atoms with E-state index in [2.05, 4.69) is 10.3 Å². The minimum atomic E-state index is -1.05. The average Bonchev–Trinajstić information content (AvgIpc) is 2.42. The lowest BCUT2D eigenvalue weighted by molar-refractivity contribution is -0.140. The highest BCUT2D eigenvalue weighted by Crippen LogP contribution is 2.17. The van der Waals surface area contributed by atoms with Crippen LogP contribution in [-0.2, 0) is 4.79 Å². The van der Waals surface area contributed by atoms with Crippen LogP contribution in [-0.4, -0.2) is 35.1 Å². The number of nitrogens with zero attached hydrogens (tertiary/aromatic N) is 1. The number of carbonyl (C=O) groups is 2. The number of pyridine rings is 1.